The molecule has 2 fully saturated rings. The molecule has 0 saturated heterocycles. The zero-order valence-corrected chi connectivity index (χ0v) is 24.0. The molecule has 0 aliphatic heterocycles. The number of benzene rings is 1. The van der Waals surface area contributed by atoms with Crippen LogP contribution in [-0.4, -0.2) is 15.9 Å². The van der Waals surface area contributed by atoms with Gasteiger partial charge in [0.1, 0.15) is 5.75 Å². The number of carbonyl (C=O) groups excluding carboxylic acids is 1. The standard InChI is InChI=1S/C34H50N2O2/c1-3-5-6-7-8-9-11-27-12-16-28(17-13-27)31-24-35-33(36-25-31)29-20-22-32(23-21-29)38-34(37)30-18-14-26(10-4-2)15-19-30/h20-28,30H,3-19H2,1-2H3. The predicted octanol–water partition coefficient (Wildman–Crippen LogP) is 9.68. The van der Waals surface area contributed by atoms with E-state index in [0.29, 0.717) is 11.7 Å². The molecule has 2 aliphatic carbocycles. The highest BCUT2D eigenvalue weighted by molar-refractivity contribution is 5.75. The molecule has 0 spiro atoms. The van der Waals surface area contributed by atoms with Gasteiger partial charge in [0.15, 0.2) is 5.82 Å². The van der Waals surface area contributed by atoms with Crippen LogP contribution in [0, 0.1) is 17.8 Å². The molecular formula is C34H50N2O2. The maximum atomic E-state index is 12.6. The van der Waals surface area contributed by atoms with Crippen LogP contribution < -0.4 is 4.74 Å². The fraction of sp³-hybridized carbons (Fsp3) is 0.676. The van der Waals surface area contributed by atoms with Crippen molar-refractivity contribution in [3.05, 3.63) is 42.2 Å². The number of hydrogen-bond acceptors (Lipinski definition) is 4. The summed E-state index contributed by atoms with van der Waals surface area (Å²) in [7, 11) is 0. The van der Waals surface area contributed by atoms with Gasteiger partial charge in [-0.1, -0.05) is 71.6 Å². The average Bonchev–Trinajstić information content (AvgIpc) is 2.96. The van der Waals surface area contributed by atoms with E-state index in [-0.39, 0.29) is 11.9 Å². The first-order valence-electron chi connectivity index (χ1n) is 15.8. The van der Waals surface area contributed by atoms with Crippen molar-refractivity contribution < 1.29 is 9.53 Å². The van der Waals surface area contributed by atoms with E-state index in [0.717, 1.165) is 48.9 Å². The minimum atomic E-state index is -0.0741. The molecule has 4 nitrogen and oxygen atoms in total. The zero-order valence-electron chi connectivity index (χ0n) is 24.0. The second-order valence-corrected chi connectivity index (χ2v) is 12.1. The van der Waals surface area contributed by atoms with Crippen LogP contribution in [0.2, 0.25) is 0 Å². The van der Waals surface area contributed by atoms with Gasteiger partial charge >= 0.3 is 5.97 Å². The summed E-state index contributed by atoms with van der Waals surface area (Å²) >= 11 is 0. The zero-order chi connectivity index (χ0) is 26.6. The van der Waals surface area contributed by atoms with Crippen LogP contribution in [0.5, 0.6) is 5.75 Å². The Morgan fingerprint density at radius 1 is 0.737 bits per heavy atom. The van der Waals surface area contributed by atoms with E-state index < -0.39 is 0 Å². The lowest BCUT2D eigenvalue weighted by atomic mass is 9.77. The molecule has 2 saturated carbocycles. The van der Waals surface area contributed by atoms with Crippen molar-refractivity contribution in [3.63, 3.8) is 0 Å². The molecule has 1 aromatic heterocycles. The first-order chi connectivity index (χ1) is 18.7. The summed E-state index contributed by atoms with van der Waals surface area (Å²) in [6.45, 7) is 4.53. The summed E-state index contributed by atoms with van der Waals surface area (Å²) in [6, 6.07) is 7.67. The molecule has 1 heterocycles. The minimum absolute atomic E-state index is 0.0456. The van der Waals surface area contributed by atoms with E-state index in [4.69, 9.17) is 14.7 Å². The second-order valence-electron chi connectivity index (χ2n) is 12.1. The van der Waals surface area contributed by atoms with E-state index in [2.05, 4.69) is 13.8 Å². The Bertz CT molecular complexity index is 939. The predicted molar refractivity (Wildman–Crippen MR) is 156 cm³/mol. The molecule has 0 bridgehead atoms. The van der Waals surface area contributed by atoms with Gasteiger partial charge in [-0.25, -0.2) is 9.97 Å². The van der Waals surface area contributed by atoms with Gasteiger partial charge in [-0.05, 0) is 98.9 Å². The molecular weight excluding hydrogens is 468 g/mol. The first-order valence-corrected chi connectivity index (χ1v) is 15.8. The van der Waals surface area contributed by atoms with E-state index >= 15 is 0 Å². The quantitative estimate of drug-likeness (QED) is 0.150. The lowest BCUT2D eigenvalue weighted by Gasteiger charge is -2.28. The summed E-state index contributed by atoms with van der Waals surface area (Å²) in [5.41, 5.74) is 2.24. The van der Waals surface area contributed by atoms with E-state index in [9.17, 15) is 4.79 Å². The first kappa shape index (κ1) is 28.8. The number of ether oxygens (including phenoxy) is 1. The van der Waals surface area contributed by atoms with Gasteiger partial charge in [-0.3, -0.25) is 4.79 Å². The molecule has 2 aromatic rings. The van der Waals surface area contributed by atoms with Gasteiger partial charge in [0.25, 0.3) is 0 Å². The van der Waals surface area contributed by atoms with Crippen molar-refractivity contribution in [2.45, 2.75) is 129 Å². The Balaban J connectivity index is 1.20. The lowest BCUT2D eigenvalue weighted by molar-refractivity contribution is -0.140. The highest BCUT2D eigenvalue weighted by atomic mass is 16.5. The summed E-state index contributed by atoms with van der Waals surface area (Å²) in [4.78, 5) is 22.0. The van der Waals surface area contributed by atoms with Crippen LogP contribution in [-0.2, 0) is 4.79 Å². The van der Waals surface area contributed by atoms with Crippen LogP contribution in [0.4, 0.5) is 0 Å². The normalized spacial score (nSPS) is 23.7. The van der Waals surface area contributed by atoms with Crippen LogP contribution in [0.3, 0.4) is 0 Å². The van der Waals surface area contributed by atoms with Gasteiger partial charge in [-0.2, -0.15) is 0 Å². The summed E-state index contributed by atoms with van der Waals surface area (Å²) in [6.07, 6.45) is 25.8. The Labute approximate surface area is 231 Å². The monoisotopic (exact) mass is 518 g/mol. The summed E-state index contributed by atoms with van der Waals surface area (Å²) in [5.74, 6) is 3.63. The molecule has 38 heavy (non-hydrogen) atoms. The van der Waals surface area contributed by atoms with E-state index in [1.807, 2.05) is 36.7 Å². The van der Waals surface area contributed by atoms with Gasteiger partial charge in [0, 0.05) is 18.0 Å². The van der Waals surface area contributed by atoms with E-state index in [1.54, 1.807) is 0 Å². The largest absolute Gasteiger partial charge is 0.426 e. The van der Waals surface area contributed by atoms with Crippen molar-refractivity contribution in [2.24, 2.45) is 17.8 Å². The molecule has 0 N–H and O–H groups in total. The molecule has 0 radical (unpaired) electrons. The molecule has 4 rings (SSSR count). The Morgan fingerprint density at radius 3 is 2.00 bits per heavy atom. The number of esters is 1. The summed E-state index contributed by atoms with van der Waals surface area (Å²) < 4.78 is 5.71. The fourth-order valence-electron chi connectivity index (χ4n) is 6.66. The van der Waals surface area contributed by atoms with Crippen molar-refractivity contribution in [1.29, 1.82) is 0 Å². The molecule has 1 aromatic carbocycles. The SMILES string of the molecule is CCCCCCCCC1CCC(c2cnc(-c3ccc(OC(=O)C4CCC(CCC)CC4)cc3)nc2)CC1. The topological polar surface area (TPSA) is 52.1 Å². The van der Waals surface area contributed by atoms with Crippen molar-refractivity contribution in [2.75, 3.05) is 0 Å². The van der Waals surface area contributed by atoms with Crippen molar-refractivity contribution in [3.8, 4) is 17.1 Å². The van der Waals surface area contributed by atoms with Crippen LogP contribution in [0.1, 0.15) is 134 Å². The van der Waals surface area contributed by atoms with Gasteiger partial charge < -0.3 is 4.74 Å². The molecule has 0 amide bonds. The van der Waals surface area contributed by atoms with Crippen LogP contribution >= 0.6 is 0 Å². The minimum Gasteiger partial charge on any atom is -0.426 e. The molecule has 0 unspecified atom stereocenters. The smallest absolute Gasteiger partial charge is 0.314 e. The Hall–Kier alpha value is -2.23. The Kier molecular flexibility index (Phi) is 11.6. The highest BCUT2D eigenvalue weighted by Gasteiger charge is 2.27. The third-order valence-corrected chi connectivity index (χ3v) is 9.16. The lowest BCUT2D eigenvalue weighted by Crippen LogP contribution is -2.25. The van der Waals surface area contributed by atoms with Gasteiger partial charge in [-0.15, -0.1) is 0 Å². The molecule has 208 valence electrons. The maximum absolute atomic E-state index is 12.6. The number of rotatable bonds is 13. The third kappa shape index (κ3) is 8.64. The van der Waals surface area contributed by atoms with Crippen molar-refractivity contribution >= 4 is 5.97 Å². The maximum Gasteiger partial charge on any atom is 0.314 e. The van der Waals surface area contributed by atoms with Gasteiger partial charge in [0.05, 0.1) is 5.92 Å². The highest BCUT2D eigenvalue weighted by Crippen LogP contribution is 2.38. The number of aromatic nitrogens is 2. The number of nitrogens with zero attached hydrogens (tertiary/aromatic N) is 2. The number of carbonyl (C=O) groups is 1. The molecule has 2 aliphatic rings. The van der Waals surface area contributed by atoms with E-state index in [1.165, 1.54) is 89.0 Å². The fourth-order valence-corrected chi connectivity index (χ4v) is 6.66. The second kappa shape index (κ2) is 15.4. The number of hydrogen-bond donors (Lipinski definition) is 0. The average molecular weight is 519 g/mol. The Morgan fingerprint density at radius 2 is 1.34 bits per heavy atom. The molecule has 0 atom stereocenters. The number of unbranched alkanes of at least 4 members (excludes halogenated alkanes) is 5. The van der Waals surface area contributed by atoms with Crippen molar-refractivity contribution in [1.82, 2.24) is 9.97 Å². The third-order valence-electron chi connectivity index (χ3n) is 9.16. The van der Waals surface area contributed by atoms with Gasteiger partial charge in [0.2, 0.25) is 0 Å². The summed E-state index contributed by atoms with van der Waals surface area (Å²) in [5, 5.41) is 0. The van der Waals surface area contributed by atoms with Crippen LogP contribution in [0.15, 0.2) is 36.7 Å². The molecule has 4 heteroatoms. The van der Waals surface area contributed by atoms with Crippen LogP contribution in [0.25, 0.3) is 11.4 Å².